The third-order valence-corrected chi connectivity index (χ3v) is 6.15. The molecular weight excluding hydrogens is 364 g/mol. The van der Waals surface area contributed by atoms with E-state index in [4.69, 9.17) is 4.42 Å². The molecule has 7 heteroatoms. The van der Waals surface area contributed by atoms with Crippen LogP contribution in [0.25, 0.3) is 0 Å². The zero-order valence-electron chi connectivity index (χ0n) is 16.1. The summed E-state index contributed by atoms with van der Waals surface area (Å²) in [7, 11) is -3.67. The van der Waals surface area contributed by atoms with Crippen LogP contribution in [-0.2, 0) is 16.6 Å². The maximum Gasteiger partial charge on any atom is 0.253 e. The third kappa shape index (κ3) is 5.68. The van der Waals surface area contributed by atoms with Gasteiger partial charge in [0.25, 0.3) is 5.91 Å². The van der Waals surface area contributed by atoms with E-state index < -0.39 is 10.0 Å². The Hall–Kier alpha value is -2.12. The minimum absolute atomic E-state index is 0.0723. The second-order valence-electron chi connectivity index (χ2n) is 6.45. The summed E-state index contributed by atoms with van der Waals surface area (Å²) < 4.78 is 32.4. The molecule has 0 atom stereocenters. The molecule has 1 amide bonds. The molecule has 0 bridgehead atoms. The number of benzene rings is 1. The molecule has 0 aliphatic heterocycles. The van der Waals surface area contributed by atoms with Crippen molar-refractivity contribution >= 4 is 15.9 Å². The molecule has 6 nitrogen and oxygen atoms in total. The van der Waals surface area contributed by atoms with Gasteiger partial charge in [0.15, 0.2) is 0 Å². The van der Waals surface area contributed by atoms with Crippen molar-refractivity contribution in [3.05, 3.63) is 54.0 Å². The Bertz CT molecular complexity index is 810. The van der Waals surface area contributed by atoms with Crippen LogP contribution in [0.3, 0.4) is 0 Å². The maximum absolute atomic E-state index is 12.7. The molecule has 1 aromatic heterocycles. The van der Waals surface area contributed by atoms with Crippen molar-refractivity contribution in [2.75, 3.05) is 13.1 Å². The summed E-state index contributed by atoms with van der Waals surface area (Å²) >= 11 is 0. The van der Waals surface area contributed by atoms with E-state index in [0.29, 0.717) is 30.3 Å². The van der Waals surface area contributed by atoms with Crippen molar-refractivity contribution < 1.29 is 17.6 Å². The Morgan fingerprint density at radius 2 is 1.78 bits per heavy atom. The van der Waals surface area contributed by atoms with E-state index in [0.717, 1.165) is 12.8 Å². The van der Waals surface area contributed by atoms with Crippen LogP contribution in [0.5, 0.6) is 0 Å². The monoisotopic (exact) mass is 392 g/mol. The van der Waals surface area contributed by atoms with E-state index in [1.54, 1.807) is 24.3 Å². The van der Waals surface area contributed by atoms with Gasteiger partial charge in [-0.25, -0.2) is 13.1 Å². The van der Waals surface area contributed by atoms with Crippen LogP contribution < -0.4 is 4.72 Å². The number of nitrogens with zero attached hydrogens (tertiary/aromatic N) is 1. The van der Waals surface area contributed by atoms with Gasteiger partial charge in [-0.05, 0) is 49.2 Å². The summed E-state index contributed by atoms with van der Waals surface area (Å²) in [6.07, 6.45) is 3.54. The smallest absolute Gasteiger partial charge is 0.253 e. The second-order valence-corrected chi connectivity index (χ2v) is 8.22. The molecule has 1 aromatic carbocycles. The van der Waals surface area contributed by atoms with E-state index in [9.17, 15) is 13.2 Å². The van der Waals surface area contributed by atoms with Crippen molar-refractivity contribution in [3.63, 3.8) is 0 Å². The molecule has 148 valence electrons. The Morgan fingerprint density at radius 3 is 2.30 bits per heavy atom. The first kappa shape index (κ1) is 21.2. The van der Waals surface area contributed by atoms with Crippen LogP contribution in [0, 0.1) is 5.92 Å². The molecule has 0 saturated carbocycles. The predicted octanol–water partition coefficient (Wildman–Crippen LogP) is 3.66. The molecule has 0 spiro atoms. The van der Waals surface area contributed by atoms with Crippen LogP contribution in [0.1, 0.15) is 49.7 Å². The van der Waals surface area contributed by atoms with Crippen molar-refractivity contribution in [1.82, 2.24) is 9.62 Å². The van der Waals surface area contributed by atoms with Gasteiger partial charge in [0.05, 0.1) is 17.7 Å². The van der Waals surface area contributed by atoms with Crippen molar-refractivity contribution in [3.8, 4) is 0 Å². The molecule has 2 aromatic rings. The highest BCUT2D eigenvalue weighted by molar-refractivity contribution is 7.89. The number of rotatable bonds is 10. The first-order valence-corrected chi connectivity index (χ1v) is 10.8. The number of carbonyl (C=O) groups excluding carboxylic acids is 1. The standard InChI is InChI=1S/C20H28N2O4S/c1-4-16(5-2)15-22(6-3)20(23)17-9-11-19(12-10-17)27(24,25)21-14-18-8-7-13-26-18/h7-13,16,21H,4-6,14-15H2,1-3H3. The molecule has 2 rings (SSSR count). The third-order valence-electron chi connectivity index (χ3n) is 4.73. The number of hydrogen-bond donors (Lipinski definition) is 1. The number of hydrogen-bond acceptors (Lipinski definition) is 4. The molecular formula is C20H28N2O4S. The van der Waals surface area contributed by atoms with Gasteiger partial charge >= 0.3 is 0 Å². The average Bonchev–Trinajstić information content (AvgIpc) is 3.21. The highest BCUT2D eigenvalue weighted by Gasteiger charge is 2.19. The minimum Gasteiger partial charge on any atom is -0.468 e. The lowest BCUT2D eigenvalue weighted by atomic mass is 10.0. The molecule has 0 unspecified atom stereocenters. The lowest BCUT2D eigenvalue weighted by Gasteiger charge is -2.25. The summed E-state index contributed by atoms with van der Waals surface area (Å²) in [5, 5.41) is 0. The Morgan fingerprint density at radius 1 is 1.11 bits per heavy atom. The quantitative estimate of drug-likeness (QED) is 0.669. The van der Waals surface area contributed by atoms with Gasteiger partial charge in [0.2, 0.25) is 10.0 Å². The molecule has 1 heterocycles. The Kier molecular flexibility index (Phi) is 7.62. The molecule has 1 N–H and O–H groups in total. The highest BCUT2D eigenvalue weighted by atomic mass is 32.2. The Labute approximate surface area is 161 Å². The van der Waals surface area contributed by atoms with Gasteiger partial charge in [0.1, 0.15) is 5.76 Å². The van der Waals surface area contributed by atoms with Crippen LogP contribution >= 0.6 is 0 Å². The topological polar surface area (TPSA) is 79.6 Å². The minimum atomic E-state index is -3.67. The summed E-state index contributed by atoms with van der Waals surface area (Å²) in [5.41, 5.74) is 0.493. The fraction of sp³-hybridized carbons (Fsp3) is 0.450. The predicted molar refractivity (Wildman–Crippen MR) is 105 cm³/mol. The first-order chi connectivity index (χ1) is 12.9. The summed E-state index contributed by atoms with van der Waals surface area (Å²) in [5.74, 6) is 0.932. The number of amides is 1. The van der Waals surface area contributed by atoms with Gasteiger partial charge in [-0.15, -0.1) is 0 Å². The number of sulfonamides is 1. The molecule has 27 heavy (non-hydrogen) atoms. The Balaban J connectivity index is 2.07. The van der Waals surface area contributed by atoms with E-state index in [2.05, 4.69) is 18.6 Å². The van der Waals surface area contributed by atoms with Gasteiger partial charge in [-0.1, -0.05) is 26.7 Å². The van der Waals surface area contributed by atoms with Crippen LogP contribution in [0.2, 0.25) is 0 Å². The molecule has 0 fully saturated rings. The van der Waals surface area contributed by atoms with Crippen molar-refractivity contribution in [2.24, 2.45) is 5.92 Å². The number of carbonyl (C=O) groups is 1. The van der Waals surface area contributed by atoms with Crippen LogP contribution in [-0.4, -0.2) is 32.3 Å². The largest absolute Gasteiger partial charge is 0.468 e. The summed E-state index contributed by atoms with van der Waals surface area (Å²) in [4.78, 5) is 14.7. The molecule has 0 saturated heterocycles. The van der Waals surface area contributed by atoms with Gasteiger partial charge in [-0.2, -0.15) is 0 Å². The van der Waals surface area contributed by atoms with E-state index >= 15 is 0 Å². The van der Waals surface area contributed by atoms with Crippen LogP contribution in [0.15, 0.2) is 52.0 Å². The van der Waals surface area contributed by atoms with Gasteiger partial charge in [0, 0.05) is 18.7 Å². The zero-order valence-corrected chi connectivity index (χ0v) is 17.0. The van der Waals surface area contributed by atoms with Crippen molar-refractivity contribution in [2.45, 2.75) is 45.1 Å². The maximum atomic E-state index is 12.7. The normalized spacial score (nSPS) is 11.7. The number of furan rings is 1. The zero-order chi connectivity index (χ0) is 19.9. The van der Waals surface area contributed by atoms with Crippen molar-refractivity contribution in [1.29, 1.82) is 0 Å². The van der Waals surface area contributed by atoms with Gasteiger partial charge < -0.3 is 9.32 Å². The number of nitrogens with one attached hydrogen (secondary N) is 1. The first-order valence-electron chi connectivity index (χ1n) is 9.32. The van der Waals surface area contributed by atoms with Gasteiger partial charge in [-0.3, -0.25) is 4.79 Å². The van der Waals surface area contributed by atoms with Crippen LogP contribution in [0.4, 0.5) is 0 Å². The average molecular weight is 393 g/mol. The SMILES string of the molecule is CCC(CC)CN(CC)C(=O)c1ccc(S(=O)(=O)NCc2ccco2)cc1. The summed E-state index contributed by atoms with van der Waals surface area (Å²) in [6, 6.07) is 9.46. The molecule has 0 aliphatic rings. The highest BCUT2D eigenvalue weighted by Crippen LogP contribution is 2.16. The second kappa shape index (κ2) is 9.71. The fourth-order valence-electron chi connectivity index (χ4n) is 2.84. The lowest BCUT2D eigenvalue weighted by molar-refractivity contribution is 0.0735. The fourth-order valence-corrected chi connectivity index (χ4v) is 3.83. The lowest BCUT2D eigenvalue weighted by Crippen LogP contribution is -2.35. The van der Waals surface area contributed by atoms with E-state index in [1.807, 2.05) is 11.8 Å². The molecule has 0 radical (unpaired) electrons. The van der Waals surface area contributed by atoms with E-state index in [1.165, 1.54) is 18.4 Å². The summed E-state index contributed by atoms with van der Waals surface area (Å²) in [6.45, 7) is 7.63. The molecule has 0 aliphatic carbocycles. The van der Waals surface area contributed by atoms with E-state index in [-0.39, 0.29) is 17.3 Å².